The number of benzene rings is 1. The Balaban J connectivity index is 2.03. The zero-order chi connectivity index (χ0) is 9.97. The van der Waals surface area contributed by atoms with Crippen molar-refractivity contribution >= 4 is 43.6 Å². The van der Waals surface area contributed by atoms with Gasteiger partial charge in [0.2, 0.25) is 0 Å². The molecule has 0 N–H and O–H groups in total. The molecule has 0 spiro atoms. The van der Waals surface area contributed by atoms with Gasteiger partial charge < -0.3 is 0 Å². The van der Waals surface area contributed by atoms with E-state index in [-0.39, 0.29) is 0 Å². The van der Waals surface area contributed by atoms with Crippen molar-refractivity contribution in [2.45, 2.75) is 11.2 Å². The van der Waals surface area contributed by atoms with Crippen molar-refractivity contribution in [2.24, 2.45) is 5.92 Å². The lowest BCUT2D eigenvalue weighted by atomic mass is 9.99. The molecule has 0 bridgehead atoms. The summed E-state index contributed by atoms with van der Waals surface area (Å²) in [6, 6.07) is 8.64. The molecule has 1 aliphatic heterocycles. The summed E-state index contributed by atoms with van der Waals surface area (Å²) < 4.78 is 1.19. The van der Waals surface area contributed by atoms with Crippen molar-refractivity contribution in [3.8, 4) is 0 Å². The van der Waals surface area contributed by atoms with Gasteiger partial charge >= 0.3 is 0 Å². The minimum atomic E-state index is 0.700. The van der Waals surface area contributed by atoms with Gasteiger partial charge in [0, 0.05) is 15.1 Å². The van der Waals surface area contributed by atoms with Gasteiger partial charge in [-0.3, -0.25) is 0 Å². The third-order valence-corrected chi connectivity index (χ3v) is 5.76. The van der Waals surface area contributed by atoms with Gasteiger partial charge in [-0.05, 0) is 35.8 Å². The average molecular weight is 336 g/mol. The van der Waals surface area contributed by atoms with Gasteiger partial charge in [-0.1, -0.05) is 44.0 Å². The highest BCUT2D eigenvalue weighted by Crippen LogP contribution is 2.32. The summed E-state index contributed by atoms with van der Waals surface area (Å²) in [7, 11) is 0. The number of hydrogen-bond acceptors (Lipinski definition) is 1. The topological polar surface area (TPSA) is 0 Å². The van der Waals surface area contributed by atoms with E-state index in [4.69, 9.17) is 0 Å². The summed E-state index contributed by atoms with van der Waals surface area (Å²) in [6.45, 7) is 0. The second kappa shape index (κ2) is 5.04. The molecule has 76 valence electrons. The van der Waals surface area contributed by atoms with Crippen LogP contribution in [0.3, 0.4) is 0 Å². The molecule has 2 rings (SSSR count). The van der Waals surface area contributed by atoms with Crippen LogP contribution in [0.25, 0.3) is 0 Å². The number of thioether (sulfide) groups is 1. The van der Waals surface area contributed by atoms with E-state index in [1.54, 1.807) is 0 Å². The van der Waals surface area contributed by atoms with E-state index in [1.807, 2.05) is 0 Å². The summed E-state index contributed by atoms with van der Waals surface area (Å²) in [4.78, 5) is 0.700. The molecule has 0 nitrogen and oxygen atoms in total. The Labute approximate surface area is 106 Å². The predicted octanol–water partition coefficient (Wildman–Crippen LogP) is 4.12. The van der Waals surface area contributed by atoms with E-state index in [2.05, 4.69) is 67.9 Å². The van der Waals surface area contributed by atoms with Crippen LogP contribution in [0.2, 0.25) is 0 Å². The number of hydrogen-bond donors (Lipinski definition) is 0. The first-order chi connectivity index (χ1) is 6.75. The Morgan fingerprint density at radius 2 is 2.21 bits per heavy atom. The molecule has 1 fully saturated rings. The van der Waals surface area contributed by atoms with E-state index in [9.17, 15) is 0 Å². The zero-order valence-electron chi connectivity index (χ0n) is 7.75. The maximum absolute atomic E-state index is 3.75. The van der Waals surface area contributed by atoms with Crippen molar-refractivity contribution in [1.82, 2.24) is 0 Å². The van der Waals surface area contributed by atoms with Crippen molar-refractivity contribution in [1.29, 1.82) is 0 Å². The van der Waals surface area contributed by atoms with Crippen molar-refractivity contribution in [2.75, 3.05) is 11.5 Å². The molecule has 1 heterocycles. The average Bonchev–Trinajstić information content (AvgIpc) is 2.52. The summed E-state index contributed by atoms with van der Waals surface area (Å²) >= 11 is 9.31. The highest BCUT2D eigenvalue weighted by atomic mass is 79.9. The molecule has 14 heavy (non-hydrogen) atoms. The maximum Gasteiger partial charge on any atom is 0.0275 e. The minimum absolute atomic E-state index is 0.700. The second-order valence-corrected chi connectivity index (χ2v) is 6.81. The molecule has 2 unspecified atom stereocenters. The Bertz CT molecular complexity index is 314. The van der Waals surface area contributed by atoms with E-state index >= 15 is 0 Å². The molecule has 1 saturated heterocycles. The first-order valence-corrected chi connectivity index (χ1v) is 7.58. The molecule has 1 aliphatic rings. The van der Waals surface area contributed by atoms with Gasteiger partial charge in [-0.2, -0.15) is 11.8 Å². The molecule has 1 aromatic rings. The first kappa shape index (κ1) is 11.0. The van der Waals surface area contributed by atoms with Gasteiger partial charge in [0.15, 0.2) is 0 Å². The molecule has 0 aliphatic carbocycles. The normalized spacial score (nSPS) is 26.7. The molecule has 3 heteroatoms. The Kier molecular flexibility index (Phi) is 3.97. The monoisotopic (exact) mass is 334 g/mol. The third-order valence-electron chi connectivity index (χ3n) is 2.51. The Morgan fingerprint density at radius 1 is 1.36 bits per heavy atom. The van der Waals surface area contributed by atoms with Gasteiger partial charge in [0.05, 0.1) is 0 Å². The summed E-state index contributed by atoms with van der Waals surface area (Å²) in [5.41, 5.74) is 1.44. The van der Waals surface area contributed by atoms with Crippen LogP contribution in [0.1, 0.15) is 5.56 Å². The van der Waals surface area contributed by atoms with E-state index in [0.717, 1.165) is 5.92 Å². The van der Waals surface area contributed by atoms with E-state index < -0.39 is 0 Å². The number of rotatable bonds is 2. The summed E-state index contributed by atoms with van der Waals surface area (Å²) in [5, 5.41) is 0. The molecular weight excluding hydrogens is 324 g/mol. The fourth-order valence-corrected chi connectivity index (χ4v) is 4.64. The van der Waals surface area contributed by atoms with Gasteiger partial charge in [-0.25, -0.2) is 0 Å². The Hall–Kier alpha value is 0.530. The Morgan fingerprint density at radius 3 is 2.86 bits per heavy atom. The fraction of sp³-hybridized carbons (Fsp3) is 0.455. The lowest BCUT2D eigenvalue weighted by Gasteiger charge is -2.12. The molecule has 0 saturated carbocycles. The van der Waals surface area contributed by atoms with Crippen LogP contribution in [-0.2, 0) is 6.42 Å². The SMILES string of the molecule is Brc1cccc(CC2CSCC2Br)c1. The van der Waals surface area contributed by atoms with Gasteiger partial charge in [0.25, 0.3) is 0 Å². The van der Waals surface area contributed by atoms with Crippen molar-refractivity contribution < 1.29 is 0 Å². The van der Waals surface area contributed by atoms with Crippen molar-refractivity contribution in [3.63, 3.8) is 0 Å². The molecular formula is C11H12Br2S. The highest BCUT2D eigenvalue weighted by Gasteiger charge is 2.25. The molecule has 1 aromatic carbocycles. The lowest BCUT2D eigenvalue weighted by Crippen LogP contribution is -2.14. The smallest absolute Gasteiger partial charge is 0.0275 e. The quantitative estimate of drug-likeness (QED) is 0.733. The van der Waals surface area contributed by atoms with Gasteiger partial charge in [-0.15, -0.1) is 0 Å². The van der Waals surface area contributed by atoms with Crippen LogP contribution < -0.4 is 0 Å². The molecule has 0 aromatic heterocycles. The van der Waals surface area contributed by atoms with Crippen LogP contribution in [0, 0.1) is 5.92 Å². The largest absolute Gasteiger partial charge is 0.160 e. The standard InChI is InChI=1S/C11H12Br2S/c12-10-3-1-2-8(5-10)4-9-6-14-7-11(9)13/h1-3,5,9,11H,4,6-7H2. The first-order valence-electron chi connectivity index (χ1n) is 4.72. The van der Waals surface area contributed by atoms with E-state index in [0.29, 0.717) is 4.83 Å². The second-order valence-electron chi connectivity index (χ2n) is 3.65. The third kappa shape index (κ3) is 2.77. The highest BCUT2D eigenvalue weighted by molar-refractivity contribution is 9.10. The minimum Gasteiger partial charge on any atom is -0.160 e. The van der Waals surface area contributed by atoms with E-state index in [1.165, 1.54) is 28.0 Å². The van der Waals surface area contributed by atoms with Crippen LogP contribution in [-0.4, -0.2) is 16.3 Å². The molecule has 0 radical (unpaired) electrons. The fourth-order valence-electron chi connectivity index (χ4n) is 1.73. The van der Waals surface area contributed by atoms with Crippen molar-refractivity contribution in [3.05, 3.63) is 34.3 Å². The summed E-state index contributed by atoms with van der Waals surface area (Å²) in [6.07, 6.45) is 1.20. The lowest BCUT2D eigenvalue weighted by molar-refractivity contribution is 0.616. The summed E-state index contributed by atoms with van der Waals surface area (Å²) in [5.74, 6) is 3.36. The van der Waals surface area contributed by atoms with Crippen LogP contribution in [0.15, 0.2) is 28.7 Å². The van der Waals surface area contributed by atoms with Crippen LogP contribution >= 0.6 is 43.6 Å². The molecule has 0 amide bonds. The number of alkyl halides is 1. The maximum atomic E-state index is 3.75. The van der Waals surface area contributed by atoms with Crippen LogP contribution in [0.4, 0.5) is 0 Å². The predicted molar refractivity (Wildman–Crippen MR) is 71.4 cm³/mol. The molecule has 2 atom stereocenters. The van der Waals surface area contributed by atoms with Crippen LogP contribution in [0.5, 0.6) is 0 Å². The van der Waals surface area contributed by atoms with Gasteiger partial charge in [0.1, 0.15) is 0 Å². The number of halogens is 2. The zero-order valence-corrected chi connectivity index (χ0v) is 11.7.